The Morgan fingerprint density at radius 3 is 3.00 bits per heavy atom. The Hall–Kier alpha value is -1.95. The largest absolute Gasteiger partial charge is 0.351 e. The minimum Gasteiger partial charge on any atom is -0.351 e. The highest BCUT2D eigenvalue weighted by Crippen LogP contribution is 2.20. The molecule has 1 atom stereocenters. The van der Waals surface area contributed by atoms with Gasteiger partial charge in [0.2, 0.25) is 11.9 Å². The monoisotopic (exact) mass is 302 g/mol. The molecule has 3 rings (SSSR count). The van der Waals surface area contributed by atoms with Crippen molar-refractivity contribution < 1.29 is 4.79 Å². The molecule has 0 spiro atoms. The fourth-order valence-corrected chi connectivity index (χ4v) is 3.20. The second-order valence-corrected chi connectivity index (χ2v) is 6.16. The van der Waals surface area contributed by atoms with E-state index >= 15 is 0 Å². The summed E-state index contributed by atoms with van der Waals surface area (Å²) in [6.45, 7) is 2.23. The van der Waals surface area contributed by atoms with E-state index in [1.807, 2.05) is 17.5 Å². The Morgan fingerprint density at radius 1 is 1.38 bits per heavy atom. The van der Waals surface area contributed by atoms with Crippen molar-refractivity contribution in [2.24, 2.45) is 5.92 Å². The maximum atomic E-state index is 12.3. The normalized spacial score (nSPS) is 18.5. The number of piperidine rings is 1. The number of rotatable bonds is 4. The van der Waals surface area contributed by atoms with Gasteiger partial charge in [0, 0.05) is 30.4 Å². The van der Waals surface area contributed by atoms with Crippen LogP contribution in [0.1, 0.15) is 17.7 Å². The van der Waals surface area contributed by atoms with Gasteiger partial charge in [0.1, 0.15) is 0 Å². The molecule has 2 aromatic rings. The summed E-state index contributed by atoms with van der Waals surface area (Å²) >= 11 is 1.66. The summed E-state index contributed by atoms with van der Waals surface area (Å²) in [5.41, 5.74) is 0. The summed E-state index contributed by atoms with van der Waals surface area (Å²) in [6, 6.07) is 5.84. The summed E-state index contributed by atoms with van der Waals surface area (Å²) < 4.78 is 0. The first-order chi connectivity index (χ1) is 10.3. The minimum atomic E-state index is 0.0162. The van der Waals surface area contributed by atoms with Crippen molar-refractivity contribution >= 4 is 23.2 Å². The van der Waals surface area contributed by atoms with E-state index in [2.05, 4.69) is 20.2 Å². The van der Waals surface area contributed by atoms with Crippen LogP contribution < -0.4 is 10.2 Å². The van der Waals surface area contributed by atoms with Gasteiger partial charge in [-0.1, -0.05) is 6.07 Å². The molecule has 1 amide bonds. The molecule has 110 valence electrons. The molecule has 0 aliphatic carbocycles. The predicted octanol–water partition coefficient (Wildman–Crippen LogP) is 2.07. The van der Waals surface area contributed by atoms with Gasteiger partial charge in [0.15, 0.2) is 0 Å². The topological polar surface area (TPSA) is 58.1 Å². The number of carbonyl (C=O) groups excluding carboxylic acids is 1. The van der Waals surface area contributed by atoms with Crippen molar-refractivity contribution in [2.45, 2.75) is 19.4 Å². The van der Waals surface area contributed by atoms with Crippen LogP contribution in [0.3, 0.4) is 0 Å². The summed E-state index contributed by atoms with van der Waals surface area (Å²) in [6.07, 6.45) is 5.40. The number of carbonyl (C=O) groups is 1. The fourth-order valence-electron chi connectivity index (χ4n) is 2.56. The van der Waals surface area contributed by atoms with Crippen molar-refractivity contribution in [3.8, 4) is 0 Å². The zero-order chi connectivity index (χ0) is 14.5. The number of amides is 1. The second kappa shape index (κ2) is 6.67. The van der Waals surface area contributed by atoms with Crippen molar-refractivity contribution in [1.82, 2.24) is 15.3 Å². The molecule has 1 fully saturated rings. The van der Waals surface area contributed by atoms with E-state index in [1.165, 1.54) is 4.88 Å². The number of hydrogen-bond acceptors (Lipinski definition) is 5. The minimum absolute atomic E-state index is 0.0162. The third kappa shape index (κ3) is 3.58. The van der Waals surface area contributed by atoms with Crippen molar-refractivity contribution in [3.63, 3.8) is 0 Å². The molecule has 21 heavy (non-hydrogen) atoms. The van der Waals surface area contributed by atoms with E-state index in [-0.39, 0.29) is 11.8 Å². The van der Waals surface area contributed by atoms with Gasteiger partial charge in [0.25, 0.3) is 0 Å². The number of anilines is 1. The molecule has 0 aromatic carbocycles. The van der Waals surface area contributed by atoms with Crippen LogP contribution >= 0.6 is 11.3 Å². The lowest BCUT2D eigenvalue weighted by atomic mass is 9.97. The van der Waals surface area contributed by atoms with Gasteiger partial charge >= 0.3 is 0 Å². The zero-order valence-corrected chi connectivity index (χ0v) is 12.6. The number of aromatic nitrogens is 2. The average molecular weight is 302 g/mol. The van der Waals surface area contributed by atoms with Gasteiger partial charge in [0.05, 0.1) is 12.5 Å². The molecule has 0 radical (unpaired) electrons. The van der Waals surface area contributed by atoms with Crippen LogP contribution in [0.5, 0.6) is 0 Å². The van der Waals surface area contributed by atoms with E-state index in [4.69, 9.17) is 0 Å². The van der Waals surface area contributed by atoms with Gasteiger partial charge in [-0.15, -0.1) is 11.3 Å². The van der Waals surface area contributed by atoms with Crippen LogP contribution in [0, 0.1) is 5.92 Å². The molecule has 3 heterocycles. The number of thiophene rings is 1. The van der Waals surface area contributed by atoms with Crippen molar-refractivity contribution in [3.05, 3.63) is 40.8 Å². The molecule has 0 saturated carbocycles. The summed E-state index contributed by atoms with van der Waals surface area (Å²) in [7, 11) is 0. The average Bonchev–Trinajstić information content (AvgIpc) is 3.07. The molecular formula is C15H18N4OS. The van der Waals surface area contributed by atoms with Gasteiger partial charge in [-0.05, 0) is 30.4 Å². The van der Waals surface area contributed by atoms with Crippen LogP contribution in [0.25, 0.3) is 0 Å². The highest BCUT2D eigenvalue weighted by Gasteiger charge is 2.26. The Kier molecular flexibility index (Phi) is 4.45. The Bertz CT molecular complexity index is 573. The first kappa shape index (κ1) is 14.0. The first-order valence-electron chi connectivity index (χ1n) is 7.15. The van der Waals surface area contributed by atoms with Gasteiger partial charge < -0.3 is 10.2 Å². The molecule has 5 nitrogen and oxygen atoms in total. The lowest BCUT2D eigenvalue weighted by molar-refractivity contribution is -0.125. The number of nitrogens with one attached hydrogen (secondary N) is 1. The zero-order valence-electron chi connectivity index (χ0n) is 11.7. The highest BCUT2D eigenvalue weighted by atomic mass is 32.1. The number of hydrogen-bond donors (Lipinski definition) is 1. The van der Waals surface area contributed by atoms with Gasteiger partial charge in [-0.2, -0.15) is 0 Å². The Morgan fingerprint density at radius 2 is 2.24 bits per heavy atom. The van der Waals surface area contributed by atoms with Crippen LogP contribution in [0.2, 0.25) is 0 Å². The first-order valence-corrected chi connectivity index (χ1v) is 8.03. The Labute approximate surface area is 128 Å². The van der Waals surface area contributed by atoms with E-state index in [0.29, 0.717) is 19.0 Å². The van der Waals surface area contributed by atoms with Crippen LogP contribution in [-0.4, -0.2) is 29.0 Å². The molecular weight excluding hydrogens is 284 g/mol. The molecule has 0 bridgehead atoms. The molecule has 1 aliphatic heterocycles. The van der Waals surface area contributed by atoms with Crippen molar-refractivity contribution in [2.75, 3.05) is 18.0 Å². The highest BCUT2D eigenvalue weighted by molar-refractivity contribution is 7.09. The van der Waals surface area contributed by atoms with Crippen LogP contribution in [-0.2, 0) is 11.3 Å². The number of nitrogens with zero attached hydrogens (tertiary/aromatic N) is 3. The molecule has 1 saturated heterocycles. The molecule has 2 aromatic heterocycles. The molecule has 1 N–H and O–H groups in total. The third-order valence-corrected chi connectivity index (χ3v) is 4.52. The lowest BCUT2D eigenvalue weighted by Crippen LogP contribution is -2.43. The summed E-state index contributed by atoms with van der Waals surface area (Å²) in [5.74, 6) is 0.861. The third-order valence-electron chi connectivity index (χ3n) is 3.64. The molecule has 1 aliphatic rings. The molecule has 6 heteroatoms. The summed E-state index contributed by atoms with van der Waals surface area (Å²) in [5, 5.41) is 5.06. The SMILES string of the molecule is O=C(NCc1cccs1)[C@@H]1CCCN(c2ncccn2)C1. The van der Waals surface area contributed by atoms with E-state index in [9.17, 15) is 4.79 Å². The quantitative estimate of drug-likeness (QED) is 0.939. The maximum absolute atomic E-state index is 12.3. The smallest absolute Gasteiger partial charge is 0.225 e. The summed E-state index contributed by atoms with van der Waals surface area (Å²) in [4.78, 5) is 24.1. The van der Waals surface area contributed by atoms with E-state index in [1.54, 1.807) is 29.8 Å². The predicted molar refractivity (Wildman–Crippen MR) is 83.1 cm³/mol. The van der Waals surface area contributed by atoms with Crippen LogP contribution in [0.15, 0.2) is 36.0 Å². The van der Waals surface area contributed by atoms with Crippen LogP contribution in [0.4, 0.5) is 5.95 Å². The fraction of sp³-hybridized carbons (Fsp3) is 0.400. The second-order valence-electron chi connectivity index (χ2n) is 5.13. The standard InChI is InChI=1S/C15H18N4OS/c20-14(18-10-13-5-2-9-21-13)12-4-1-8-19(11-12)15-16-6-3-7-17-15/h2-3,5-7,9,12H,1,4,8,10-11H2,(H,18,20)/t12-/m1/s1. The van der Waals surface area contributed by atoms with Crippen molar-refractivity contribution in [1.29, 1.82) is 0 Å². The maximum Gasteiger partial charge on any atom is 0.225 e. The van der Waals surface area contributed by atoms with E-state index < -0.39 is 0 Å². The molecule has 0 unspecified atom stereocenters. The lowest BCUT2D eigenvalue weighted by Gasteiger charge is -2.31. The van der Waals surface area contributed by atoms with Gasteiger partial charge in [-0.3, -0.25) is 4.79 Å². The van der Waals surface area contributed by atoms with E-state index in [0.717, 1.165) is 19.4 Å². The Balaban J connectivity index is 1.56. The van der Waals surface area contributed by atoms with Gasteiger partial charge in [-0.25, -0.2) is 9.97 Å².